The maximum Gasteiger partial charge on any atom is 0.257 e. The summed E-state index contributed by atoms with van der Waals surface area (Å²) >= 11 is 0. The van der Waals surface area contributed by atoms with Crippen LogP contribution in [0, 0.1) is 29.1 Å². The van der Waals surface area contributed by atoms with Crippen LogP contribution in [0.3, 0.4) is 0 Å². The Morgan fingerprint density at radius 1 is 1.17 bits per heavy atom. The summed E-state index contributed by atoms with van der Waals surface area (Å²) < 4.78 is 0. The van der Waals surface area contributed by atoms with Crippen LogP contribution in [0.15, 0.2) is 76.9 Å². The molecule has 0 saturated heterocycles. The SMILES string of the molecule is C/C=C(C)/C=C(\C)C1C(C)=CC2(C)CC(C)CCC2C1C(=O)C1=CC(O)(Cc2ccccc2)NC1=O. The van der Waals surface area contributed by atoms with Crippen LogP contribution in [0.2, 0.25) is 0 Å². The maximum absolute atomic E-state index is 14.3. The first-order valence-electron chi connectivity index (χ1n) is 13.3. The zero-order chi connectivity index (χ0) is 26.3. The smallest absolute Gasteiger partial charge is 0.257 e. The molecule has 3 aliphatic rings. The van der Waals surface area contributed by atoms with E-state index in [2.05, 4.69) is 58.2 Å². The monoisotopic (exact) mass is 487 g/mol. The van der Waals surface area contributed by atoms with Crippen LogP contribution < -0.4 is 5.32 Å². The van der Waals surface area contributed by atoms with Gasteiger partial charge in [0.2, 0.25) is 0 Å². The van der Waals surface area contributed by atoms with E-state index in [1.54, 1.807) is 0 Å². The number of fused-ring (bicyclic) bond motifs is 1. The molecule has 4 rings (SSSR count). The fourth-order valence-corrected chi connectivity index (χ4v) is 7.16. The number of carbonyl (C=O) groups excluding carboxylic acids is 2. The van der Waals surface area contributed by atoms with Crippen LogP contribution in [0.4, 0.5) is 0 Å². The van der Waals surface area contributed by atoms with Gasteiger partial charge in [-0.3, -0.25) is 9.59 Å². The van der Waals surface area contributed by atoms with Crippen molar-refractivity contribution in [2.75, 3.05) is 0 Å². The molecule has 0 bridgehead atoms. The quantitative estimate of drug-likeness (QED) is 0.290. The van der Waals surface area contributed by atoms with Crippen molar-refractivity contribution >= 4 is 11.7 Å². The Hall–Kier alpha value is -2.72. The van der Waals surface area contributed by atoms with E-state index in [-0.39, 0.29) is 40.9 Å². The van der Waals surface area contributed by atoms with Crippen molar-refractivity contribution in [1.82, 2.24) is 5.32 Å². The number of aliphatic hydroxyl groups is 1. The Labute approximate surface area is 216 Å². The van der Waals surface area contributed by atoms with E-state index < -0.39 is 11.6 Å². The summed E-state index contributed by atoms with van der Waals surface area (Å²) in [5.41, 5.74) is 2.88. The molecule has 6 unspecified atom stereocenters. The number of benzene rings is 1. The minimum atomic E-state index is -1.56. The number of rotatable bonds is 6. The second-order valence-electron chi connectivity index (χ2n) is 11.8. The molecule has 1 amide bonds. The molecular formula is C32H41NO3. The van der Waals surface area contributed by atoms with E-state index in [0.717, 1.165) is 36.0 Å². The van der Waals surface area contributed by atoms with Crippen molar-refractivity contribution in [3.05, 3.63) is 82.5 Å². The summed E-state index contributed by atoms with van der Waals surface area (Å²) in [6, 6.07) is 9.54. The summed E-state index contributed by atoms with van der Waals surface area (Å²) in [4.78, 5) is 27.5. The van der Waals surface area contributed by atoms with Crippen LogP contribution in [-0.4, -0.2) is 22.5 Å². The van der Waals surface area contributed by atoms with E-state index in [9.17, 15) is 14.7 Å². The predicted molar refractivity (Wildman–Crippen MR) is 145 cm³/mol. The molecule has 1 heterocycles. The Bertz CT molecular complexity index is 1160. The number of hydrogen-bond donors (Lipinski definition) is 2. The topological polar surface area (TPSA) is 66.4 Å². The minimum absolute atomic E-state index is 0.0598. The highest BCUT2D eigenvalue weighted by Crippen LogP contribution is 2.56. The third-order valence-electron chi connectivity index (χ3n) is 8.69. The van der Waals surface area contributed by atoms with Gasteiger partial charge < -0.3 is 10.4 Å². The van der Waals surface area contributed by atoms with Gasteiger partial charge in [0.25, 0.3) is 5.91 Å². The number of Topliss-reactive ketones (excluding diaryl/α,β-unsaturated/α-hetero) is 1. The van der Waals surface area contributed by atoms with Gasteiger partial charge in [0, 0.05) is 18.3 Å². The van der Waals surface area contributed by atoms with Gasteiger partial charge in [0.1, 0.15) is 0 Å². The zero-order valence-electron chi connectivity index (χ0n) is 22.6. The second-order valence-corrected chi connectivity index (χ2v) is 11.8. The van der Waals surface area contributed by atoms with E-state index in [4.69, 9.17) is 0 Å². The summed E-state index contributed by atoms with van der Waals surface area (Å²) in [6.45, 7) is 12.9. The molecule has 6 atom stereocenters. The highest BCUT2D eigenvalue weighted by Gasteiger charge is 2.52. The van der Waals surface area contributed by atoms with Crippen LogP contribution in [0.1, 0.15) is 66.4 Å². The van der Waals surface area contributed by atoms with Gasteiger partial charge in [0.15, 0.2) is 11.5 Å². The van der Waals surface area contributed by atoms with Gasteiger partial charge in [0.05, 0.1) is 5.57 Å². The summed E-state index contributed by atoms with van der Waals surface area (Å²) in [7, 11) is 0. The third kappa shape index (κ3) is 5.06. The van der Waals surface area contributed by atoms with E-state index in [1.807, 2.05) is 37.3 Å². The first-order chi connectivity index (χ1) is 17.0. The standard InChI is InChI=1S/C32H41NO3/c1-7-20(2)15-22(4)27-23(5)17-31(6)16-21(3)13-14-26(31)28(27)29(34)25-19-32(36,33-30(25)35)18-24-11-9-8-10-12-24/h7-12,15,17,19,21,26-28,36H,13-14,16,18H2,1-6H3,(H,33,35)/b20-7+,22-15+. The summed E-state index contributed by atoms with van der Waals surface area (Å²) in [6.07, 6.45) is 11.5. The zero-order valence-corrected chi connectivity index (χ0v) is 22.6. The Balaban J connectivity index is 1.76. The second kappa shape index (κ2) is 9.97. The number of nitrogens with one attached hydrogen (secondary N) is 1. The minimum Gasteiger partial charge on any atom is -0.367 e. The van der Waals surface area contributed by atoms with Crippen molar-refractivity contribution in [3.8, 4) is 0 Å². The molecule has 1 aliphatic heterocycles. The highest BCUT2D eigenvalue weighted by atomic mass is 16.3. The van der Waals surface area contributed by atoms with Gasteiger partial charge in [-0.25, -0.2) is 0 Å². The average molecular weight is 488 g/mol. The van der Waals surface area contributed by atoms with Crippen LogP contribution >= 0.6 is 0 Å². The molecule has 4 nitrogen and oxygen atoms in total. The largest absolute Gasteiger partial charge is 0.367 e. The van der Waals surface area contributed by atoms with Gasteiger partial charge in [-0.05, 0) is 69.4 Å². The molecule has 2 N–H and O–H groups in total. The fourth-order valence-electron chi connectivity index (χ4n) is 7.16. The number of allylic oxidation sites excluding steroid dienone is 6. The van der Waals surface area contributed by atoms with Crippen molar-refractivity contribution in [2.45, 2.75) is 73.0 Å². The van der Waals surface area contributed by atoms with Crippen molar-refractivity contribution in [1.29, 1.82) is 0 Å². The molecule has 1 saturated carbocycles. The number of hydrogen-bond acceptors (Lipinski definition) is 3. The van der Waals surface area contributed by atoms with Gasteiger partial charge in [-0.1, -0.05) is 85.5 Å². The highest BCUT2D eigenvalue weighted by molar-refractivity contribution is 6.22. The maximum atomic E-state index is 14.3. The van der Waals surface area contributed by atoms with Gasteiger partial charge >= 0.3 is 0 Å². The average Bonchev–Trinajstić information content (AvgIpc) is 3.10. The van der Waals surface area contributed by atoms with E-state index in [0.29, 0.717) is 5.92 Å². The van der Waals surface area contributed by atoms with E-state index in [1.165, 1.54) is 11.6 Å². The molecule has 1 fully saturated rings. The van der Waals surface area contributed by atoms with E-state index >= 15 is 0 Å². The molecule has 0 radical (unpaired) electrons. The lowest BCUT2D eigenvalue weighted by molar-refractivity contribution is -0.129. The van der Waals surface area contributed by atoms with Crippen LogP contribution in [0.25, 0.3) is 0 Å². The number of carbonyl (C=O) groups is 2. The summed E-state index contributed by atoms with van der Waals surface area (Å²) in [5.74, 6) is -0.234. The lowest BCUT2D eigenvalue weighted by Crippen LogP contribution is -2.48. The van der Waals surface area contributed by atoms with Crippen LogP contribution in [-0.2, 0) is 16.0 Å². The van der Waals surface area contributed by atoms with Gasteiger partial charge in [-0.15, -0.1) is 0 Å². The van der Waals surface area contributed by atoms with Gasteiger partial charge in [-0.2, -0.15) is 0 Å². The lowest BCUT2D eigenvalue weighted by atomic mass is 9.52. The molecule has 0 aromatic heterocycles. The number of amides is 1. The molecule has 0 spiro atoms. The molecule has 2 aliphatic carbocycles. The molecular weight excluding hydrogens is 446 g/mol. The van der Waals surface area contributed by atoms with Crippen molar-refractivity contribution in [2.24, 2.45) is 29.1 Å². The fraction of sp³-hybridized carbons (Fsp3) is 0.500. The molecule has 192 valence electrons. The molecule has 36 heavy (non-hydrogen) atoms. The Morgan fingerprint density at radius 3 is 2.53 bits per heavy atom. The first kappa shape index (κ1) is 26.3. The summed E-state index contributed by atoms with van der Waals surface area (Å²) in [5, 5.41) is 13.9. The first-order valence-corrected chi connectivity index (χ1v) is 13.3. The normalized spacial score (nSPS) is 35.0. The molecule has 4 heteroatoms. The predicted octanol–water partition coefficient (Wildman–Crippen LogP) is 6.09. The third-order valence-corrected chi connectivity index (χ3v) is 8.69. The van der Waals surface area contributed by atoms with Crippen molar-refractivity contribution < 1.29 is 14.7 Å². The Morgan fingerprint density at radius 2 is 1.86 bits per heavy atom. The van der Waals surface area contributed by atoms with Crippen LogP contribution in [0.5, 0.6) is 0 Å². The number of ketones is 1. The molecule has 1 aromatic carbocycles. The van der Waals surface area contributed by atoms with Crippen molar-refractivity contribution in [3.63, 3.8) is 0 Å². The lowest BCUT2D eigenvalue weighted by Gasteiger charge is -2.52. The Kier molecular flexibility index (Phi) is 7.30. The molecule has 1 aromatic rings.